The van der Waals surface area contributed by atoms with E-state index in [1.165, 1.54) is 18.2 Å². The molecule has 4 rings (SSSR count). The molecule has 0 spiro atoms. The topological polar surface area (TPSA) is 84.4 Å². The summed E-state index contributed by atoms with van der Waals surface area (Å²) in [5, 5.41) is 25.1. The first kappa shape index (κ1) is 23.3. The second-order valence-electron chi connectivity index (χ2n) is 7.00. The Morgan fingerprint density at radius 2 is 0.694 bits per heavy atom. The maximum atomic E-state index is 14.0. The van der Waals surface area contributed by atoms with E-state index >= 15 is 0 Å². The summed E-state index contributed by atoms with van der Waals surface area (Å²) >= 11 is 0. The normalized spacial score (nSPS) is 14.8. The number of rotatable bonds is 0. The van der Waals surface area contributed by atoms with Crippen LogP contribution in [0.15, 0.2) is 35.0 Å². The van der Waals surface area contributed by atoms with Crippen molar-refractivity contribution in [1.82, 2.24) is 0 Å². The lowest BCUT2D eigenvalue weighted by Crippen LogP contribution is -2.65. The molecule has 3 aliphatic carbocycles. The maximum absolute atomic E-state index is 14.0. The van der Waals surface area contributed by atoms with E-state index in [-0.39, 0.29) is 0 Å². The Kier molecular flexibility index (Phi) is 5.12. The first-order valence-electron chi connectivity index (χ1n) is 9.15. The van der Waals surface area contributed by atoms with E-state index in [9.17, 15) is 42.1 Å². The molecule has 0 unspecified atom stereocenters. The van der Waals surface area contributed by atoms with Crippen LogP contribution >= 0.6 is 0 Å². The Morgan fingerprint density at radius 3 is 0.889 bits per heavy atom. The third kappa shape index (κ3) is 2.56. The van der Waals surface area contributed by atoms with E-state index in [4.69, 9.17) is 19.7 Å². The summed E-state index contributed by atoms with van der Waals surface area (Å²) in [6.07, 6.45) is -7.64. The summed E-state index contributed by atoms with van der Waals surface area (Å²) in [7, 11) is 0. The number of hydrogen-bond acceptors (Lipinski definition) is 3. The summed E-state index contributed by atoms with van der Waals surface area (Å²) in [5.41, 5.74) is -9.40. The first-order valence-corrected chi connectivity index (χ1v) is 9.15. The highest BCUT2D eigenvalue weighted by molar-refractivity contribution is 6.04. The lowest BCUT2D eigenvalue weighted by molar-refractivity contribution is 0.418. The molecule has 0 saturated carbocycles. The highest BCUT2D eigenvalue weighted by atomic mass is 19.3. The van der Waals surface area contributed by atoms with E-state index in [0.717, 1.165) is 0 Å². The zero-order valence-electron chi connectivity index (χ0n) is 17.0. The third-order valence-electron chi connectivity index (χ3n) is 5.66. The molecule has 0 atom stereocenters. The van der Waals surface area contributed by atoms with Crippen LogP contribution in [0.25, 0.3) is 48.3 Å². The smallest absolute Gasteiger partial charge is 0.237 e. The van der Waals surface area contributed by atoms with Crippen LogP contribution in [0.2, 0.25) is 0 Å². The molecule has 168 valence electrons. The van der Waals surface area contributed by atoms with Gasteiger partial charge in [-0.2, -0.15) is 42.1 Å². The molecule has 3 aliphatic rings. The number of halogens is 6. The minimum atomic E-state index is -2.55. The summed E-state index contributed by atoms with van der Waals surface area (Å²) in [4.78, 5) is 8.97. The minimum absolute atomic E-state index is 0.658. The van der Waals surface area contributed by atoms with E-state index in [2.05, 4.69) is 14.5 Å². The van der Waals surface area contributed by atoms with Gasteiger partial charge in [0.25, 0.3) is 18.2 Å². The van der Waals surface area contributed by atoms with Crippen LogP contribution in [0.5, 0.6) is 0 Å². The fourth-order valence-electron chi connectivity index (χ4n) is 4.54. The molecule has 12 heteroatoms. The van der Waals surface area contributed by atoms with Gasteiger partial charge in [0.15, 0.2) is 0 Å². The van der Waals surface area contributed by atoms with Crippen molar-refractivity contribution in [3.63, 3.8) is 0 Å². The van der Waals surface area contributed by atoms with Gasteiger partial charge < -0.3 is 0 Å². The van der Waals surface area contributed by atoms with Gasteiger partial charge in [0.2, 0.25) is 17.1 Å². The van der Waals surface area contributed by atoms with E-state index in [1.807, 2.05) is 0 Å². The Morgan fingerprint density at radius 1 is 0.472 bits per heavy atom. The molecule has 1 aromatic carbocycles. The van der Waals surface area contributed by atoms with Crippen LogP contribution in [0.4, 0.5) is 26.3 Å². The van der Waals surface area contributed by atoms with Crippen molar-refractivity contribution in [2.75, 3.05) is 0 Å². The average molecular weight is 486 g/mol. The van der Waals surface area contributed by atoms with Crippen LogP contribution in [0, 0.1) is 53.7 Å². The van der Waals surface area contributed by atoms with Gasteiger partial charge in [0.1, 0.15) is 0 Å². The van der Waals surface area contributed by atoms with E-state index in [0.29, 0.717) is 0 Å². The largest absolute Gasteiger partial charge is 0.268 e. The van der Waals surface area contributed by atoms with Crippen LogP contribution < -0.4 is 31.3 Å². The lowest BCUT2D eigenvalue weighted by Gasteiger charge is -1.97. The molecule has 0 N–H and O–H groups in total. The standard InChI is InChI=1S/C24F6N6/c1-34-19-13(22(25)26)7(4-31)10-11-8(5-32)14(23(27)28)20(35-2)17(11)18-12(16(10)19)9(6-33)15(24(29)30)21(18)36-3. The number of benzene rings is 1. The highest BCUT2D eigenvalue weighted by Gasteiger charge is 2.36. The van der Waals surface area contributed by atoms with Crippen molar-refractivity contribution >= 4 is 33.8 Å². The van der Waals surface area contributed by atoms with Crippen molar-refractivity contribution in [2.24, 2.45) is 0 Å². The highest BCUT2D eigenvalue weighted by Crippen LogP contribution is 2.32. The van der Waals surface area contributed by atoms with Gasteiger partial charge in [-0.15, -0.1) is 0 Å². The van der Waals surface area contributed by atoms with Crippen molar-refractivity contribution in [3.05, 3.63) is 101 Å². The molecule has 0 heterocycles. The lowest BCUT2D eigenvalue weighted by atomic mass is 10.0. The number of hydrogen-bond donors (Lipinski definition) is 0. The molecule has 0 aliphatic heterocycles. The van der Waals surface area contributed by atoms with Crippen LogP contribution in [0.1, 0.15) is 0 Å². The Hall–Kier alpha value is -5.82. The SMILES string of the molecule is [C-]#[N+]C1=c2c(c3c(c4c2=C(C#N)C(=C(F)F)C=4[N+]#[C-])=C([N+]#[C-])C(=C(F)F)C=3C#N)=C(C#N)C1=C(F)F. The molecule has 0 bridgehead atoms. The molecular weight excluding hydrogens is 486 g/mol. The van der Waals surface area contributed by atoms with E-state index in [1.54, 1.807) is 0 Å². The Bertz CT molecular complexity index is 1720. The molecule has 0 amide bonds. The summed E-state index contributed by atoms with van der Waals surface area (Å²) < 4.78 is 83.8. The van der Waals surface area contributed by atoms with Crippen molar-refractivity contribution < 1.29 is 26.3 Å². The molecule has 1 aromatic rings. The second kappa shape index (κ2) is 7.89. The third-order valence-corrected chi connectivity index (χ3v) is 5.66. The van der Waals surface area contributed by atoms with Gasteiger partial charge in [-0.25, -0.2) is 14.5 Å². The fourth-order valence-corrected chi connectivity index (χ4v) is 4.54. The minimum Gasteiger partial charge on any atom is -0.237 e. The summed E-state index contributed by atoms with van der Waals surface area (Å²) in [5.74, 6) is 0. The zero-order valence-corrected chi connectivity index (χ0v) is 17.0. The van der Waals surface area contributed by atoms with Gasteiger partial charge in [0.05, 0.1) is 71.4 Å². The van der Waals surface area contributed by atoms with Crippen molar-refractivity contribution in [3.8, 4) is 18.2 Å². The van der Waals surface area contributed by atoms with Gasteiger partial charge in [-0.3, -0.25) is 0 Å². The van der Waals surface area contributed by atoms with Gasteiger partial charge in [-0.05, 0) is 31.3 Å². The van der Waals surface area contributed by atoms with Gasteiger partial charge >= 0.3 is 0 Å². The summed E-state index contributed by atoms with van der Waals surface area (Å²) in [6.45, 7) is 22.3. The maximum Gasteiger partial charge on any atom is 0.268 e. The Labute approximate surface area is 195 Å². The molecule has 0 saturated heterocycles. The fraction of sp³-hybridized carbons (Fsp3) is 0. The summed E-state index contributed by atoms with van der Waals surface area (Å²) in [6, 6.07) is 4.30. The number of fused-ring (bicyclic) bond motifs is 6. The predicted molar refractivity (Wildman–Crippen MR) is 109 cm³/mol. The van der Waals surface area contributed by atoms with Crippen LogP contribution in [0.3, 0.4) is 0 Å². The number of nitrogens with zero attached hydrogens (tertiary/aromatic N) is 6. The Balaban J connectivity index is 2.87. The predicted octanol–water partition coefficient (Wildman–Crippen LogP) is 1.28. The van der Waals surface area contributed by atoms with Gasteiger partial charge in [0, 0.05) is 0 Å². The first-order chi connectivity index (χ1) is 17.2. The van der Waals surface area contributed by atoms with Crippen LogP contribution in [-0.4, -0.2) is 0 Å². The molecule has 36 heavy (non-hydrogen) atoms. The van der Waals surface area contributed by atoms with Gasteiger partial charge in [-0.1, -0.05) is 0 Å². The number of nitriles is 3. The van der Waals surface area contributed by atoms with Crippen molar-refractivity contribution in [2.45, 2.75) is 0 Å². The van der Waals surface area contributed by atoms with Crippen LogP contribution in [-0.2, 0) is 0 Å². The van der Waals surface area contributed by atoms with E-state index < -0.39 is 100 Å². The van der Waals surface area contributed by atoms with Crippen molar-refractivity contribution in [1.29, 1.82) is 15.8 Å². The molecule has 6 nitrogen and oxygen atoms in total. The molecule has 0 aromatic heterocycles. The molecular formula is C24F6N6. The molecule has 0 fully saturated rings. The second-order valence-corrected chi connectivity index (χ2v) is 7.00. The quantitative estimate of drug-likeness (QED) is 0.409. The monoisotopic (exact) mass is 486 g/mol. The molecule has 0 radical (unpaired) electrons. The zero-order chi connectivity index (χ0) is 26.6. The average Bonchev–Trinajstić information content (AvgIpc) is 3.47.